The molecular formula is C15H13N3O4S2. The van der Waals surface area contributed by atoms with E-state index in [1.807, 2.05) is 0 Å². The first-order chi connectivity index (χ1) is 11.5. The summed E-state index contributed by atoms with van der Waals surface area (Å²) in [4.78, 5) is 25.3. The highest BCUT2D eigenvalue weighted by atomic mass is 32.2. The Morgan fingerprint density at radius 2 is 2.04 bits per heavy atom. The average molecular weight is 363 g/mol. The number of aromatic nitrogens is 3. The summed E-state index contributed by atoms with van der Waals surface area (Å²) in [6.45, 7) is 0. The van der Waals surface area contributed by atoms with Crippen LogP contribution in [0.15, 0.2) is 29.6 Å². The minimum Gasteiger partial charge on any atom is -0.481 e. The van der Waals surface area contributed by atoms with Gasteiger partial charge in [-0.2, -0.15) is 0 Å². The molecule has 1 atom stereocenters. The van der Waals surface area contributed by atoms with Crippen LogP contribution in [0.1, 0.15) is 9.67 Å². The fourth-order valence-electron chi connectivity index (χ4n) is 2.16. The molecule has 0 amide bonds. The second-order valence-electron chi connectivity index (χ2n) is 4.68. The summed E-state index contributed by atoms with van der Waals surface area (Å²) in [6.07, 6.45) is 3.05. The number of methoxy groups -OCH3 is 2. The molecule has 0 aromatic carbocycles. The first-order valence-electron chi connectivity index (χ1n) is 6.78. The lowest BCUT2D eigenvalue weighted by Gasteiger charge is -2.05. The Balaban J connectivity index is 2.34. The molecular weight excluding hydrogens is 350 g/mol. The van der Waals surface area contributed by atoms with Gasteiger partial charge >= 0.3 is 5.97 Å². The Kier molecular flexibility index (Phi) is 4.54. The van der Waals surface area contributed by atoms with Gasteiger partial charge in [-0.1, -0.05) is 6.07 Å². The summed E-state index contributed by atoms with van der Waals surface area (Å²) in [5, 5.41) is 0.195. The average Bonchev–Trinajstić information content (AvgIpc) is 2.99. The quantitative estimate of drug-likeness (QED) is 0.519. The van der Waals surface area contributed by atoms with Gasteiger partial charge in [-0.05, 0) is 6.07 Å². The molecule has 0 fully saturated rings. The third kappa shape index (κ3) is 2.87. The van der Waals surface area contributed by atoms with Crippen molar-refractivity contribution in [3.8, 4) is 17.1 Å². The van der Waals surface area contributed by atoms with E-state index in [1.165, 1.54) is 31.8 Å². The predicted octanol–water partition coefficient (Wildman–Crippen LogP) is 2.29. The summed E-state index contributed by atoms with van der Waals surface area (Å²) < 4.78 is 22.4. The molecule has 0 aliphatic heterocycles. The van der Waals surface area contributed by atoms with E-state index in [0.29, 0.717) is 32.2 Å². The smallest absolute Gasteiger partial charge is 0.348 e. The van der Waals surface area contributed by atoms with Crippen LogP contribution in [0.5, 0.6) is 5.88 Å². The van der Waals surface area contributed by atoms with Crippen LogP contribution in [0.2, 0.25) is 0 Å². The zero-order valence-electron chi connectivity index (χ0n) is 13.1. The molecule has 24 heavy (non-hydrogen) atoms. The second-order valence-corrected chi connectivity index (χ2v) is 7.01. The van der Waals surface area contributed by atoms with E-state index in [9.17, 15) is 9.00 Å². The number of hydrogen-bond acceptors (Lipinski definition) is 8. The van der Waals surface area contributed by atoms with Gasteiger partial charge in [0.15, 0.2) is 0 Å². The highest BCUT2D eigenvalue weighted by Gasteiger charge is 2.23. The molecule has 3 heterocycles. The molecule has 7 nitrogen and oxygen atoms in total. The number of pyridine rings is 1. The molecule has 9 heteroatoms. The molecule has 3 rings (SSSR count). The third-order valence-electron chi connectivity index (χ3n) is 3.23. The minimum atomic E-state index is -1.34. The summed E-state index contributed by atoms with van der Waals surface area (Å²) in [7, 11) is 1.49. The molecule has 0 saturated carbocycles. The monoisotopic (exact) mass is 363 g/mol. The molecule has 0 aliphatic carbocycles. The Labute approximate surface area is 144 Å². The number of carbonyl (C=O) groups is 1. The van der Waals surface area contributed by atoms with Crippen molar-refractivity contribution in [3.05, 3.63) is 29.3 Å². The van der Waals surface area contributed by atoms with Crippen LogP contribution in [-0.2, 0) is 15.5 Å². The molecule has 0 aliphatic rings. The van der Waals surface area contributed by atoms with Crippen molar-refractivity contribution in [2.24, 2.45) is 0 Å². The van der Waals surface area contributed by atoms with Gasteiger partial charge in [0.1, 0.15) is 4.88 Å². The Hall–Kier alpha value is -2.39. The Bertz CT molecular complexity index is 955. The number of fused-ring (bicyclic) bond motifs is 1. The number of carbonyl (C=O) groups excluding carboxylic acids is 1. The summed E-state index contributed by atoms with van der Waals surface area (Å²) in [5.41, 5.74) is 1.56. The van der Waals surface area contributed by atoms with E-state index in [0.717, 1.165) is 0 Å². The first kappa shape index (κ1) is 16.5. The normalized spacial score (nSPS) is 12.1. The molecule has 0 spiro atoms. The number of rotatable bonds is 4. The van der Waals surface area contributed by atoms with Crippen molar-refractivity contribution >= 4 is 38.3 Å². The molecule has 124 valence electrons. The van der Waals surface area contributed by atoms with Crippen molar-refractivity contribution in [2.45, 2.75) is 5.16 Å². The largest absolute Gasteiger partial charge is 0.481 e. The molecule has 0 saturated heterocycles. The van der Waals surface area contributed by atoms with Crippen molar-refractivity contribution in [1.82, 2.24) is 15.0 Å². The molecule has 1 unspecified atom stereocenters. The number of thiophene rings is 1. The summed E-state index contributed by atoms with van der Waals surface area (Å²) >= 11 is 1.21. The van der Waals surface area contributed by atoms with Gasteiger partial charge in [0.2, 0.25) is 11.0 Å². The third-order valence-corrected chi connectivity index (χ3v) is 5.03. The van der Waals surface area contributed by atoms with E-state index < -0.39 is 16.8 Å². The maximum atomic E-state index is 12.2. The maximum absolute atomic E-state index is 12.2. The molecule has 0 radical (unpaired) electrons. The number of hydrogen-bond donors (Lipinski definition) is 0. The predicted molar refractivity (Wildman–Crippen MR) is 90.9 cm³/mol. The fourth-order valence-corrected chi connectivity index (χ4v) is 3.62. The summed E-state index contributed by atoms with van der Waals surface area (Å²) in [5.74, 6) is -0.0761. The van der Waals surface area contributed by atoms with E-state index in [2.05, 4.69) is 15.0 Å². The zero-order chi connectivity index (χ0) is 17.3. The number of ether oxygens (including phenoxy) is 2. The fraction of sp³-hybridized carbons (Fsp3) is 0.200. The topological polar surface area (TPSA) is 91.3 Å². The van der Waals surface area contributed by atoms with Crippen LogP contribution in [-0.4, -0.2) is 45.6 Å². The van der Waals surface area contributed by atoms with Crippen molar-refractivity contribution in [1.29, 1.82) is 0 Å². The lowest BCUT2D eigenvalue weighted by atomic mass is 10.1. The van der Waals surface area contributed by atoms with E-state index in [-0.39, 0.29) is 5.16 Å². The SMILES string of the molecule is COC(=O)c1sc2cnc(S(C)=O)nc2c1-c1cccc(OC)n1. The lowest BCUT2D eigenvalue weighted by Crippen LogP contribution is -2.02. The van der Waals surface area contributed by atoms with Gasteiger partial charge in [0, 0.05) is 18.5 Å². The maximum Gasteiger partial charge on any atom is 0.348 e. The summed E-state index contributed by atoms with van der Waals surface area (Å²) in [6, 6.07) is 5.23. The van der Waals surface area contributed by atoms with Crippen molar-refractivity contribution in [3.63, 3.8) is 0 Å². The molecule has 0 bridgehead atoms. The van der Waals surface area contributed by atoms with Gasteiger partial charge in [-0.15, -0.1) is 11.3 Å². The zero-order valence-corrected chi connectivity index (χ0v) is 14.7. The highest BCUT2D eigenvalue weighted by molar-refractivity contribution is 7.84. The van der Waals surface area contributed by atoms with Crippen LogP contribution < -0.4 is 4.74 Å². The minimum absolute atomic E-state index is 0.195. The van der Waals surface area contributed by atoms with Crippen LogP contribution >= 0.6 is 11.3 Å². The van der Waals surface area contributed by atoms with Gasteiger partial charge in [0.25, 0.3) is 0 Å². The molecule has 3 aromatic rings. The van der Waals surface area contributed by atoms with Gasteiger partial charge < -0.3 is 9.47 Å². The highest BCUT2D eigenvalue weighted by Crippen LogP contribution is 2.37. The van der Waals surface area contributed by atoms with Crippen molar-refractivity contribution < 1.29 is 18.5 Å². The number of esters is 1. The molecule has 0 N–H and O–H groups in total. The van der Waals surface area contributed by atoms with Crippen molar-refractivity contribution in [2.75, 3.05) is 20.5 Å². The number of nitrogens with zero attached hydrogens (tertiary/aromatic N) is 3. The van der Waals surface area contributed by atoms with Crippen LogP contribution in [0.4, 0.5) is 0 Å². The Morgan fingerprint density at radius 3 is 2.71 bits per heavy atom. The van der Waals surface area contributed by atoms with Gasteiger partial charge in [-0.3, -0.25) is 4.21 Å². The van der Waals surface area contributed by atoms with Crippen LogP contribution in [0.25, 0.3) is 21.5 Å². The Morgan fingerprint density at radius 1 is 1.25 bits per heavy atom. The van der Waals surface area contributed by atoms with E-state index in [4.69, 9.17) is 9.47 Å². The van der Waals surface area contributed by atoms with Gasteiger partial charge in [0.05, 0.1) is 46.5 Å². The van der Waals surface area contributed by atoms with Gasteiger partial charge in [-0.25, -0.2) is 19.7 Å². The first-order valence-corrected chi connectivity index (χ1v) is 9.15. The van der Waals surface area contributed by atoms with E-state index >= 15 is 0 Å². The molecule has 3 aromatic heterocycles. The lowest BCUT2D eigenvalue weighted by molar-refractivity contribution is 0.0607. The van der Waals surface area contributed by atoms with Crippen LogP contribution in [0, 0.1) is 0 Å². The second kappa shape index (κ2) is 6.62. The van der Waals surface area contributed by atoms with E-state index in [1.54, 1.807) is 24.4 Å². The standard InChI is InChI=1S/C15H13N3O4S2/c1-21-10-6-4-5-8(17-10)11-12-9(23-13(11)14(19)22-2)7-16-15(18-12)24(3)20/h4-7H,1-3H3. The van der Waals surface area contributed by atoms with Crippen LogP contribution in [0.3, 0.4) is 0 Å².